The van der Waals surface area contributed by atoms with Gasteiger partial charge in [-0.05, 0) is 37.6 Å². The molecule has 1 fully saturated rings. The third kappa shape index (κ3) is 5.41. The summed E-state index contributed by atoms with van der Waals surface area (Å²) in [6.45, 7) is 6.86. The molecule has 0 saturated carbocycles. The highest BCUT2D eigenvalue weighted by atomic mass is 32.2. The number of rotatable bonds is 7. The Morgan fingerprint density at radius 3 is 2.38 bits per heavy atom. The second-order valence-corrected chi connectivity index (χ2v) is 9.34. The molecule has 34 heavy (non-hydrogen) atoms. The molecule has 1 aliphatic rings. The van der Waals surface area contributed by atoms with Crippen molar-refractivity contribution in [2.45, 2.75) is 25.0 Å². The van der Waals surface area contributed by atoms with Crippen LogP contribution >= 0.6 is 11.8 Å². The molecule has 0 bridgehead atoms. The lowest BCUT2D eigenvalue weighted by molar-refractivity contribution is -0.128. The van der Waals surface area contributed by atoms with Crippen LogP contribution in [-0.4, -0.2) is 63.4 Å². The molecule has 2 heterocycles. The average molecular weight is 479 g/mol. The average Bonchev–Trinajstić information content (AvgIpc) is 3.23. The van der Waals surface area contributed by atoms with Crippen molar-refractivity contribution in [3.05, 3.63) is 71.5 Å². The van der Waals surface area contributed by atoms with Crippen molar-refractivity contribution in [2.75, 3.05) is 36.8 Å². The van der Waals surface area contributed by atoms with E-state index in [-0.39, 0.29) is 17.9 Å². The van der Waals surface area contributed by atoms with E-state index in [4.69, 9.17) is 0 Å². The number of nitrogens with zero attached hydrogens (tertiary/aromatic N) is 5. The van der Waals surface area contributed by atoms with Gasteiger partial charge in [-0.15, -0.1) is 10.2 Å². The molecule has 2 aromatic carbocycles. The molecule has 1 atom stereocenters. The monoisotopic (exact) mass is 478 g/mol. The van der Waals surface area contributed by atoms with Crippen molar-refractivity contribution in [2.24, 2.45) is 7.05 Å². The van der Waals surface area contributed by atoms with Gasteiger partial charge in [0.25, 0.3) is 5.91 Å². The Labute approximate surface area is 204 Å². The Morgan fingerprint density at radius 2 is 1.68 bits per heavy atom. The maximum atomic E-state index is 12.8. The number of carbonyl (C=O) groups excluding carboxylic acids is 2. The summed E-state index contributed by atoms with van der Waals surface area (Å²) in [4.78, 5) is 29.6. The number of para-hydroxylation sites is 1. The first-order chi connectivity index (χ1) is 16.4. The lowest BCUT2D eigenvalue weighted by atomic mass is 10.1. The maximum absolute atomic E-state index is 12.8. The van der Waals surface area contributed by atoms with E-state index in [2.05, 4.69) is 32.5 Å². The summed E-state index contributed by atoms with van der Waals surface area (Å²) in [5, 5.41) is 12.2. The van der Waals surface area contributed by atoms with Crippen molar-refractivity contribution < 1.29 is 9.59 Å². The zero-order valence-corrected chi connectivity index (χ0v) is 20.6. The standard InChI is InChI=1S/C25H30N6O2S/c1-18-9-7-8-12-21(18)24(33)26-19(2)23-27-28-25(29(23)3)34-17-22(32)31-15-13-30(14-16-31)20-10-5-4-6-11-20/h4-12,19H,13-17H2,1-3H3,(H,26,33)/t19-/m1/s1. The number of piperazine rings is 1. The summed E-state index contributed by atoms with van der Waals surface area (Å²) >= 11 is 1.37. The zero-order valence-electron chi connectivity index (χ0n) is 19.8. The number of hydrogen-bond acceptors (Lipinski definition) is 6. The van der Waals surface area contributed by atoms with Crippen LogP contribution in [0.4, 0.5) is 5.69 Å². The van der Waals surface area contributed by atoms with Crippen molar-refractivity contribution >= 4 is 29.3 Å². The van der Waals surface area contributed by atoms with Crippen LogP contribution < -0.4 is 10.2 Å². The van der Waals surface area contributed by atoms with Gasteiger partial charge in [0.1, 0.15) is 0 Å². The number of nitrogens with one attached hydrogen (secondary N) is 1. The van der Waals surface area contributed by atoms with E-state index in [1.807, 2.05) is 66.8 Å². The molecule has 9 heteroatoms. The lowest BCUT2D eigenvalue weighted by Gasteiger charge is -2.36. The van der Waals surface area contributed by atoms with E-state index in [0.29, 0.717) is 35.4 Å². The molecular weight excluding hydrogens is 448 g/mol. The van der Waals surface area contributed by atoms with Crippen LogP contribution in [0.3, 0.4) is 0 Å². The number of aryl methyl sites for hydroxylation is 1. The molecule has 4 rings (SSSR count). The maximum Gasteiger partial charge on any atom is 0.252 e. The fourth-order valence-corrected chi connectivity index (χ4v) is 4.89. The van der Waals surface area contributed by atoms with Crippen LogP contribution in [0.1, 0.15) is 34.7 Å². The third-order valence-corrected chi connectivity index (χ3v) is 7.08. The van der Waals surface area contributed by atoms with E-state index in [1.54, 1.807) is 6.07 Å². The number of amides is 2. The molecule has 0 aliphatic carbocycles. The summed E-state index contributed by atoms with van der Waals surface area (Å²) in [6.07, 6.45) is 0. The number of benzene rings is 2. The highest BCUT2D eigenvalue weighted by molar-refractivity contribution is 7.99. The van der Waals surface area contributed by atoms with Crippen LogP contribution in [0.25, 0.3) is 0 Å². The van der Waals surface area contributed by atoms with Gasteiger partial charge in [-0.2, -0.15) is 0 Å². The van der Waals surface area contributed by atoms with E-state index in [1.165, 1.54) is 17.4 Å². The molecule has 0 unspecified atom stereocenters. The quantitative estimate of drug-likeness (QED) is 0.526. The molecule has 1 aromatic heterocycles. The predicted molar refractivity (Wildman–Crippen MR) is 134 cm³/mol. The SMILES string of the molecule is Cc1ccccc1C(=O)N[C@H](C)c1nnc(SCC(=O)N2CCN(c3ccccc3)CC2)n1C. The second kappa shape index (κ2) is 10.7. The van der Waals surface area contributed by atoms with Crippen LogP contribution in [0.15, 0.2) is 59.8 Å². The minimum atomic E-state index is -0.319. The zero-order chi connectivity index (χ0) is 24.1. The van der Waals surface area contributed by atoms with Gasteiger partial charge in [-0.25, -0.2) is 0 Å². The summed E-state index contributed by atoms with van der Waals surface area (Å²) in [5.41, 5.74) is 2.76. The van der Waals surface area contributed by atoms with Crippen molar-refractivity contribution in [3.8, 4) is 0 Å². The minimum Gasteiger partial charge on any atom is -0.368 e. The first-order valence-electron chi connectivity index (χ1n) is 11.4. The number of aromatic nitrogens is 3. The summed E-state index contributed by atoms with van der Waals surface area (Å²) in [6, 6.07) is 17.4. The van der Waals surface area contributed by atoms with E-state index in [0.717, 1.165) is 18.7 Å². The lowest BCUT2D eigenvalue weighted by Crippen LogP contribution is -2.49. The highest BCUT2D eigenvalue weighted by Gasteiger charge is 2.23. The number of thioether (sulfide) groups is 1. The van der Waals surface area contributed by atoms with Crippen molar-refractivity contribution in [1.29, 1.82) is 0 Å². The topological polar surface area (TPSA) is 83.4 Å². The Hall–Kier alpha value is -3.33. The molecule has 0 radical (unpaired) electrons. The van der Waals surface area contributed by atoms with E-state index in [9.17, 15) is 9.59 Å². The van der Waals surface area contributed by atoms with Gasteiger partial charge in [-0.1, -0.05) is 48.2 Å². The van der Waals surface area contributed by atoms with Crippen molar-refractivity contribution in [1.82, 2.24) is 25.0 Å². The largest absolute Gasteiger partial charge is 0.368 e. The van der Waals surface area contributed by atoms with Crippen LogP contribution in [0.5, 0.6) is 0 Å². The highest BCUT2D eigenvalue weighted by Crippen LogP contribution is 2.21. The molecule has 0 spiro atoms. The van der Waals surface area contributed by atoms with Crippen LogP contribution in [0.2, 0.25) is 0 Å². The third-order valence-electron chi connectivity index (χ3n) is 6.07. The fourth-order valence-electron chi connectivity index (χ4n) is 4.07. The fraction of sp³-hybridized carbons (Fsp3) is 0.360. The van der Waals surface area contributed by atoms with Crippen LogP contribution in [-0.2, 0) is 11.8 Å². The minimum absolute atomic E-state index is 0.100. The first-order valence-corrected chi connectivity index (χ1v) is 12.4. The van der Waals surface area contributed by atoms with Crippen molar-refractivity contribution in [3.63, 3.8) is 0 Å². The number of hydrogen-bond donors (Lipinski definition) is 1. The normalized spacial score (nSPS) is 14.7. The Kier molecular flexibility index (Phi) is 7.52. The molecule has 178 valence electrons. The Balaban J connectivity index is 1.29. The number of carbonyl (C=O) groups is 2. The number of anilines is 1. The Bertz CT molecular complexity index is 1140. The van der Waals surface area contributed by atoms with Gasteiger partial charge >= 0.3 is 0 Å². The summed E-state index contributed by atoms with van der Waals surface area (Å²) in [7, 11) is 1.86. The molecular formula is C25H30N6O2S. The second-order valence-electron chi connectivity index (χ2n) is 8.40. The van der Waals surface area contributed by atoms with Gasteiger partial charge in [0.15, 0.2) is 11.0 Å². The first kappa shape index (κ1) is 23.8. The molecule has 1 aliphatic heterocycles. The summed E-state index contributed by atoms with van der Waals surface area (Å²) in [5.74, 6) is 0.908. The van der Waals surface area contributed by atoms with Gasteiger partial charge in [0, 0.05) is 44.5 Å². The molecule has 8 nitrogen and oxygen atoms in total. The van der Waals surface area contributed by atoms with Gasteiger partial charge in [0.2, 0.25) is 5.91 Å². The molecule has 1 N–H and O–H groups in total. The smallest absolute Gasteiger partial charge is 0.252 e. The van der Waals surface area contributed by atoms with Gasteiger partial charge in [-0.3, -0.25) is 9.59 Å². The molecule has 3 aromatic rings. The van der Waals surface area contributed by atoms with E-state index >= 15 is 0 Å². The molecule has 2 amide bonds. The van der Waals surface area contributed by atoms with Crippen LogP contribution in [0, 0.1) is 6.92 Å². The predicted octanol–water partition coefficient (Wildman–Crippen LogP) is 3.06. The molecule has 1 saturated heterocycles. The Morgan fingerprint density at radius 1 is 1.00 bits per heavy atom. The summed E-state index contributed by atoms with van der Waals surface area (Å²) < 4.78 is 1.84. The van der Waals surface area contributed by atoms with Gasteiger partial charge in [0.05, 0.1) is 11.8 Å². The van der Waals surface area contributed by atoms with E-state index < -0.39 is 0 Å². The van der Waals surface area contributed by atoms with Gasteiger partial charge < -0.3 is 19.7 Å².